The molecule has 2 rings (SSSR count). The van der Waals surface area contributed by atoms with Gasteiger partial charge in [-0.2, -0.15) is 0 Å². The van der Waals surface area contributed by atoms with E-state index in [0.717, 1.165) is 26.7 Å². The average Bonchev–Trinajstić information content (AvgIpc) is 2.69. The monoisotopic (exact) mass is 398 g/mol. The van der Waals surface area contributed by atoms with Crippen molar-refractivity contribution in [2.24, 2.45) is 5.92 Å². The van der Waals surface area contributed by atoms with Crippen molar-refractivity contribution >= 4 is 62.2 Å². The van der Waals surface area contributed by atoms with E-state index in [9.17, 15) is 14.7 Å². The fraction of sp³-hybridized carbons (Fsp3) is 0.267. The molecule has 4 nitrogen and oxygen atoms in total. The van der Waals surface area contributed by atoms with Gasteiger partial charge in [-0.1, -0.05) is 54.1 Å². The van der Waals surface area contributed by atoms with Crippen molar-refractivity contribution in [1.82, 2.24) is 4.90 Å². The van der Waals surface area contributed by atoms with Crippen LogP contribution in [0.15, 0.2) is 33.6 Å². The highest BCUT2D eigenvalue weighted by Crippen LogP contribution is 2.36. The molecule has 0 aromatic heterocycles. The van der Waals surface area contributed by atoms with Crippen LogP contribution in [-0.2, 0) is 4.79 Å². The van der Waals surface area contributed by atoms with Crippen LogP contribution in [0.4, 0.5) is 4.79 Å². The van der Waals surface area contributed by atoms with Crippen molar-refractivity contribution in [2.75, 3.05) is 0 Å². The van der Waals surface area contributed by atoms with Gasteiger partial charge in [0.25, 0.3) is 5.24 Å². The van der Waals surface area contributed by atoms with Gasteiger partial charge in [-0.25, -0.2) is 0 Å². The number of carbonyl (C=O) groups is 2. The van der Waals surface area contributed by atoms with Crippen molar-refractivity contribution in [3.63, 3.8) is 0 Å². The van der Waals surface area contributed by atoms with Crippen LogP contribution in [0.1, 0.15) is 19.4 Å². The molecule has 7 heteroatoms. The number of halogens is 1. The number of nitrogens with zero attached hydrogens (tertiary/aromatic N) is 1. The Morgan fingerprint density at radius 1 is 1.36 bits per heavy atom. The molecule has 1 aliphatic rings. The van der Waals surface area contributed by atoms with Crippen molar-refractivity contribution < 1.29 is 14.7 Å². The Balaban J connectivity index is 2.32. The summed E-state index contributed by atoms with van der Waals surface area (Å²) in [5.41, 5.74) is 0.886. The summed E-state index contributed by atoms with van der Waals surface area (Å²) < 4.78 is 0.950. The number of rotatable bonds is 4. The molecule has 0 bridgehead atoms. The van der Waals surface area contributed by atoms with Crippen LogP contribution in [0.3, 0.4) is 0 Å². The molecule has 1 saturated heterocycles. The summed E-state index contributed by atoms with van der Waals surface area (Å²) in [7, 11) is 0. The maximum absolute atomic E-state index is 12.2. The Morgan fingerprint density at radius 3 is 2.45 bits per heavy atom. The molecule has 1 amide bonds. The number of hydrogen-bond acceptors (Lipinski definition) is 5. The molecule has 0 spiro atoms. The molecule has 1 aromatic carbocycles. The number of aliphatic carboxylic acids is 1. The first kappa shape index (κ1) is 17.2. The molecule has 22 heavy (non-hydrogen) atoms. The Morgan fingerprint density at radius 2 is 1.95 bits per heavy atom. The summed E-state index contributed by atoms with van der Waals surface area (Å²) in [6.07, 6.45) is 1.78. The molecule has 1 atom stereocenters. The molecule has 0 N–H and O–H groups in total. The van der Waals surface area contributed by atoms with Crippen molar-refractivity contribution in [3.05, 3.63) is 39.2 Å². The molecule has 0 aliphatic carbocycles. The Kier molecular flexibility index (Phi) is 5.41. The second-order valence-electron chi connectivity index (χ2n) is 5.11. The van der Waals surface area contributed by atoms with Gasteiger partial charge in [0.05, 0.1) is 16.9 Å². The van der Waals surface area contributed by atoms with Gasteiger partial charge in [0, 0.05) is 4.47 Å². The van der Waals surface area contributed by atoms with Crippen molar-refractivity contribution in [3.8, 4) is 0 Å². The zero-order valence-corrected chi connectivity index (χ0v) is 15.1. The average molecular weight is 399 g/mol. The summed E-state index contributed by atoms with van der Waals surface area (Å²) in [5.74, 6) is -1.59. The third-order valence-electron chi connectivity index (χ3n) is 3.14. The van der Waals surface area contributed by atoms with Crippen LogP contribution < -0.4 is 5.11 Å². The number of hydrogen-bond donors (Lipinski definition) is 0. The van der Waals surface area contributed by atoms with Gasteiger partial charge in [-0.3, -0.25) is 9.69 Å². The van der Waals surface area contributed by atoms with Gasteiger partial charge in [0.15, 0.2) is 0 Å². The zero-order chi connectivity index (χ0) is 16.4. The summed E-state index contributed by atoms with van der Waals surface area (Å²) >= 11 is 9.60. The maximum atomic E-state index is 12.2. The number of thiocarbonyl (C=S) groups is 1. The van der Waals surface area contributed by atoms with E-state index in [-0.39, 0.29) is 16.1 Å². The molecule has 1 heterocycles. The molecule has 1 fully saturated rings. The lowest BCUT2D eigenvalue weighted by Crippen LogP contribution is -2.52. The Bertz CT molecular complexity index is 655. The number of amides is 1. The number of carbonyl (C=O) groups excluding carboxylic acids is 2. The van der Waals surface area contributed by atoms with Crippen LogP contribution in [0, 0.1) is 5.92 Å². The molecule has 1 aliphatic heterocycles. The lowest BCUT2D eigenvalue weighted by atomic mass is 10.0. The largest absolute Gasteiger partial charge is 0.548 e. The molecule has 0 saturated carbocycles. The summed E-state index contributed by atoms with van der Waals surface area (Å²) in [6.45, 7) is 3.44. The minimum atomic E-state index is -1.30. The van der Waals surface area contributed by atoms with Crippen molar-refractivity contribution in [2.45, 2.75) is 19.9 Å². The topological polar surface area (TPSA) is 60.4 Å². The van der Waals surface area contributed by atoms with Gasteiger partial charge >= 0.3 is 0 Å². The number of benzene rings is 1. The minimum Gasteiger partial charge on any atom is -0.548 e. The molecular formula is C15H13BrNO3S2-. The van der Waals surface area contributed by atoms with Gasteiger partial charge in [0.1, 0.15) is 4.99 Å². The fourth-order valence-corrected chi connectivity index (χ4v) is 3.68. The van der Waals surface area contributed by atoms with E-state index in [1.807, 2.05) is 24.3 Å². The van der Waals surface area contributed by atoms with E-state index >= 15 is 0 Å². The predicted octanol–water partition coefficient (Wildman–Crippen LogP) is 3.06. The van der Waals surface area contributed by atoms with E-state index < -0.39 is 12.0 Å². The lowest BCUT2D eigenvalue weighted by molar-refractivity contribution is -0.311. The van der Waals surface area contributed by atoms with Crippen LogP contribution >= 0.6 is 39.9 Å². The summed E-state index contributed by atoms with van der Waals surface area (Å²) in [4.78, 5) is 25.4. The van der Waals surface area contributed by atoms with E-state index in [1.165, 1.54) is 0 Å². The summed E-state index contributed by atoms with van der Waals surface area (Å²) in [5, 5.41) is 10.9. The second-order valence-corrected chi connectivity index (χ2v) is 7.41. The smallest absolute Gasteiger partial charge is 0.292 e. The van der Waals surface area contributed by atoms with Crippen LogP contribution in [-0.4, -0.2) is 27.1 Å². The van der Waals surface area contributed by atoms with Gasteiger partial charge < -0.3 is 9.90 Å². The number of carboxylic acid groups (broad SMARTS) is 1. The first-order valence-corrected chi connectivity index (χ1v) is 8.56. The molecular weight excluding hydrogens is 386 g/mol. The lowest BCUT2D eigenvalue weighted by Gasteiger charge is -2.30. The zero-order valence-electron chi connectivity index (χ0n) is 11.9. The standard InChI is InChI=1S/C15H14BrNO3S2/c1-8(2)12(14(18)19)17-13(21)11(22-15(17)20)7-9-3-5-10(16)6-4-9/h3-8,12H,1-2H3,(H,18,19)/p-1/b11-7+/t12-/m1/s1. The van der Waals surface area contributed by atoms with Crippen LogP contribution in [0.2, 0.25) is 0 Å². The highest BCUT2D eigenvalue weighted by molar-refractivity contribution is 9.10. The number of thioether (sulfide) groups is 1. The third-order valence-corrected chi connectivity index (χ3v) is 5.12. The fourth-order valence-electron chi connectivity index (χ4n) is 2.11. The van der Waals surface area contributed by atoms with Crippen molar-refractivity contribution in [1.29, 1.82) is 0 Å². The third kappa shape index (κ3) is 3.59. The minimum absolute atomic E-state index is 0.237. The van der Waals surface area contributed by atoms with Gasteiger partial charge in [0.2, 0.25) is 0 Å². The predicted molar refractivity (Wildman–Crippen MR) is 93.2 cm³/mol. The first-order chi connectivity index (χ1) is 10.3. The second kappa shape index (κ2) is 6.93. The maximum Gasteiger partial charge on any atom is 0.292 e. The van der Waals surface area contributed by atoms with Crippen LogP contribution in [0.25, 0.3) is 6.08 Å². The number of carboxylic acids is 1. The van der Waals surface area contributed by atoms with Gasteiger partial charge in [-0.05, 0) is 41.5 Å². The van der Waals surface area contributed by atoms with E-state index in [4.69, 9.17) is 12.2 Å². The SMILES string of the molecule is CC(C)[C@H](C(=O)[O-])N1C(=O)S/C(=C/c2ccc(Br)cc2)C1=S. The summed E-state index contributed by atoms with van der Waals surface area (Å²) in [6, 6.07) is 6.47. The van der Waals surface area contributed by atoms with E-state index in [1.54, 1.807) is 19.9 Å². The molecule has 1 aromatic rings. The van der Waals surface area contributed by atoms with Gasteiger partial charge in [-0.15, -0.1) is 0 Å². The normalized spacial score (nSPS) is 18.4. The Labute approximate surface area is 146 Å². The quantitative estimate of drug-likeness (QED) is 0.575. The molecule has 116 valence electrons. The molecule has 0 radical (unpaired) electrons. The molecule has 0 unspecified atom stereocenters. The van der Waals surface area contributed by atoms with E-state index in [2.05, 4.69) is 15.9 Å². The highest BCUT2D eigenvalue weighted by atomic mass is 79.9. The first-order valence-electron chi connectivity index (χ1n) is 6.54. The van der Waals surface area contributed by atoms with E-state index in [0.29, 0.717) is 4.91 Å². The highest BCUT2D eigenvalue weighted by Gasteiger charge is 2.38. The Hall–Kier alpha value is -1.18. The van der Waals surface area contributed by atoms with Crippen LogP contribution in [0.5, 0.6) is 0 Å².